The summed E-state index contributed by atoms with van der Waals surface area (Å²) in [7, 11) is 0. The summed E-state index contributed by atoms with van der Waals surface area (Å²) in [5.41, 5.74) is -0.855. The van der Waals surface area contributed by atoms with Gasteiger partial charge in [0.25, 0.3) is 0 Å². The Morgan fingerprint density at radius 1 is 0.588 bits per heavy atom. The SMILES string of the molecule is CC(C)(C)OC(=O)N1C[C@@H]2CC(O)C[C@@H](C2)C1.CC(C)(C)OC(=O)N1C[C@@H]2CC(O)C[C@@H](C2)C1. The van der Waals surface area contributed by atoms with Gasteiger partial charge in [-0.05, 0) is 104 Å². The molecule has 2 saturated heterocycles. The van der Waals surface area contributed by atoms with Crippen molar-refractivity contribution in [1.82, 2.24) is 9.80 Å². The summed E-state index contributed by atoms with van der Waals surface area (Å²) < 4.78 is 10.8. The zero-order valence-corrected chi connectivity index (χ0v) is 22.0. The Morgan fingerprint density at radius 3 is 1.09 bits per heavy atom. The van der Waals surface area contributed by atoms with Crippen molar-refractivity contribution in [2.45, 2.75) is 103 Å². The highest BCUT2D eigenvalue weighted by Gasteiger charge is 2.38. The molecular formula is C26H46N2O6. The summed E-state index contributed by atoms with van der Waals surface area (Å²) >= 11 is 0. The maximum absolute atomic E-state index is 12.0. The van der Waals surface area contributed by atoms with E-state index >= 15 is 0 Å². The van der Waals surface area contributed by atoms with E-state index in [2.05, 4.69) is 0 Å². The Kier molecular flexibility index (Phi) is 8.44. The highest BCUT2D eigenvalue weighted by Crippen LogP contribution is 2.36. The highest BCUT2D eigenvalue weighted by molar-refractivity contribution is 5.68. The van der Waals surface area contributed by atoms with Crippen molar-refractivity contribution < 1.29 is 29.3 Å². The lowest BCUT2D eigenvalue weighted by Crippen LogP contribution is -2.49. The fourth-order valence-electron chi connectivity index (χ4n) is 6.00. The number of ether oxygens (including phenoxy) is 2. The molecule has 8 nitrogen and oxygen atoms in total. The number of carbonyl (C=O) groups excluding carboxylic acids is 2. The van der Waals surface area contributed by atoms with E-state index in [1.807, 2.05) is 51.3 Å². The van der Waals surface area contributed by atoms with Crippen molar-refractivity contribution in [2.75, 3.05) is 26.2 Å². The van der Waals surface area contributed by atoms with E-state index in [1.165, 1.54) is 0 Å². The van der Waals surface area contributed by atoms with Crippen LogP contribution in [0.2, 0.25) is 0 Å². The molecule has 34 heavy (non-hydrogen) atoms. The van der Waals surface area contributed by atoms with Gasteiger partial charge < -0.3 is 29.5 Å². The molecule has 4 bridgehead atoms. The van der Waals surface area contributed by atoms with Gasteiger partial charge in [0.15, 0.2) is 0 Å². The van der Waals surface area contributed by atoms with Crippen molar-refractivity contribution in [2.24, 2.45) is 23.7 Å². The second-order valence-corrected chi connectivity index (χ2v) is 13.0. The largest absolute Gasteiger partial charge is 0.444 e. The summed E-state index contributed by atoms with van der Waals surface area (Å²) in [6.45, 7) is 14.3. The van der Waals surface area contributed by atoms with Gasteiger partial charge in [0.2, 0.25) is 0 Å². The zero-order valence-electron chi connectivity index (χ0n) is 22.0. The summed E-state index contributed by atoms with van der Waals surface area (Å²) in [5, 5.41) is 19.4. The van der Waals surface area contributed by atoms with E-state index < -0.39 is 11.2 Å². The van der Waals surface area contributed by atoms with Crippen LogP contribution >= 0.6 is 0 Å². The van der Waals surface area contributed by atoms with Crippen LogP contribution in [0.3, 0.4) is 0 Å². The van der Waals surface area contributed by atoms with Crippen molar-refractivity contribution in [1.29, 1.82) is 0 Å². The van der Waals surface area contributed by atoms with Gasteiger partial charge in [-0.1, -0.05) is 0 Å². The van der Waals surface area contributed by atoms with Crippen molar-refractivity contribution in [3.8, 4) is 0 Å². The summed E-state index contributed by atoms with van der Waals surface area (Å²) in [6.07, 6.45) is 4.87. The Hall–Kier alpha value is -1.54. The Morgan fingerprint density at radius 2 is 0.853 bits per heavy atom. The van der Waals surface area contributed by atoms with Gasteiger partial charge in [0, 0.05) is 26.2 Å². The van der Waals surface area contributed by atoms with Gasteiger partial charge in [0.1, 0.15) is 11.2 Å². The molecule has 2 N–H and O–H groups in total. The first-order valence-corrected chi connectivity index (χ1v) is 13.0. The Bertz CT molecular complexity index is 619. The Balaban J connectivity index is 0.000000191. The number of aliphatic hydroxyl groups is 2. The molecule has 0 aromatic carbocycles. The number of carbonyl (C=O) groups is 2. The lowest BCUT2D eigenvalue weighted by molar-refractivity contribution is -0.0180. The molecule has 0 radical (unpaired) electrons. The molecule has 8 heteroatoms. The maximum Gasteiger partial charge on any atom is 0.410 e. The Labute approximate surface area is 205 Å². The number of likely N-dealkylation sites (tertiary alicyclic amines) is 2. The zero-order chi connectivity index (χ0) is 25.3. The van der Waals surface area contributed by atoms with Crippen LogP contribution in [0, 0.1) is 23.7 Å². The van der Waals surface area contributed by atoms with E-state index in [1.54, 1.807) is 0 Å². The average Bonchev–Trinajstić information content (AvgIpc) is 2.64. The van der Waals surface area contributed by atoms with Crippen LogP contribution in [-0.4, -0.2) is 81.8 Å². The van der Waals surface area contributed by atoms with E-state index in [0.717, 1.165) is 64.7 Å². The van der Waals surface area contributed by atoms with Gasteiger partial charge in [-0.2, -0.15) is 0 Å². The minimum absolute atomic E-state index is 0.167. The standard InChI is InChI=1S/2C13H23NO3/c2*1-13(2,3)17-12(16)14-7-9-4-10(8-14)6-11(15)5-9/h2*9-11,15H,4-8H2,1-3H3/t2*9-,10+,11?. The van der Waals surface area contributed by atoms with Gasteiger partial charge in [0.05, 0.1) is 12.2 Å². The lowest BCUT2D eigenvalue weighted by atomic mass is 9.76. The molecule has 4 fully saturated rings. The minimum Gasteiger partial charge on any atom is -0.444 e. The third-order valence-electron chi connectivity index (χ3n) is 6.97. The van der Waals surface area contributed by atoms with Crippen molar-refractivity contribution in [3.63, 3.8) is 0 Å². The number of piperidine rings is 2. The molecule has 2 aliphatic heterocycles. The fraction of sp³-hybridized carbons (Fsp3) is 0.923. The fourth-order valence-corrected chi connectivity index (χ4v) is 6.00. The molecule has 2 amide bonds. The predicted molar refractivity (Wildman–Crippen MR) is 129 cm³/mol. The normalized spacial score (nSPS) is 33.4. The number of aliphatic hydroxyl groups excluding tert-OH is 2. The molecular weight excluding hydrogens is 436 g/mol. The maximum atomic E-state index is 12.0. The van der Waals surface area contributed by atoms with Gasteiger partial charge in [-0.25, -0.2) is 9.59 Å². The van der Waals surface area contributed by atoms with E-state index in [4.69, 9.17) is 9.47 Å². The molecule has 0 spiro atoms. The summed E-state index contributed by atoms with van der Waals surface area (Å²) in [4.78, 5) is 27.6. The van der Waals surface area contributed by atoms with Crippen LogP contribution in [0.25, 0.3) is 0 Å². The third-order valence-corrected chi connectivity index (χ3v) is 6.97. The summed E-state index contributed by atoms with van der Waals surface area (Å²) in [6, 6.07) is 0. The topological polar surface area (TPSA) is 99.5 Å². The molecule has 2 aliphatic carbocycles. The van der Waals surface area contributed by atoms with Crippen molar-refractivity contribution >= 4 is 12.2 Å². The number of hydrogen-bond acceptors (Lipinski definition) is 6. The third kappa shape index (κ3) is 8.29. The molecule has 6 atom stereocenters. The van der Waals surface area contributed by atoms with Crippen LogP contribution < -0.4 is 0 Å². The predicted octanol–water partition coefficient (Wildman–Crippen LogP) is 4.03. The number of hydrogen-bond donors (Lipinski definition) is 2. The molecule has 0 aromatic heterocycles. The van der Waals surface area contributed by atoms with Crippen molar-refractivity contribution in [3.05, 3.63) is 0 Å². The molecule has 2 heterocycles. The molecule has 2 saturated carbocycles. The lowest BCUT2D eigenvalue weighted by Gasteiger charge is -2.43. The first-order valence-electron chi connectivity index (χ1n) is 13.0. The first kappa shape index (κ1) is 27.1. The van der Waals surface area contributed by atoms with Crippen LogP contribution in [0.4, 0.5) is 9.59 Å². The second kappa shape index (κ2) is 10.6. The monoisotopic (exact) mass is 482 g/mol. The second-order valence-electron chi connectivity index (χ2n) is 13.0. The van der Waals surface area contributed by atoms with Gasteiger partial charge in [-0.15, -0.1) is 0 Å². The minimum atomic E-state index is -0.427. The highest BCUT2D eigenvalue weighted by atomic mass is 16.6. The van der Waals surface area contributed by atoms with Crippen LogP contribution in [0.15, 0.2) is 0 Å². The summed E-state index contributed by atoms with van der Waals surface area (Å²) in [5.74, 6) is 1.80. The molecule has 0 aromatic rings. The molecule has 2 unspecified atom stereocenters. The van der Waals surface area contributed by atoms with Crippen LogP contribution in [-0.2, 0) is 9.47 Å². The van der Waals surface area contributed by atoms with Crippen LogP contribution in [0.1, 0.15) is 80.1 Å². The van der Waals surface area contributed by atoms with Crippen LogP contribution in [0.5, 0.6) is 0 Å². The molecule has 196 valence electrons. The van der Waals surface area contributed by atoms with E-state index in [0.29, 0.717) is 23.7 Å². The van der Waals surface area contributed by atoms with Gasteiger partial charge in [-0.3, -0.25) is 0 Å². The quantitative estimate of drug-likeness (QED) is 0.541. The van der Waals surface area contributed by atoms with E-state index in [9.17, 15) is 19.8 Å². The number of fused-ring (bicyclic) bond motifs is 4. The number of amides is 2. The van der Waals surface area contributed by atoms with E-state index in [-0.39, 0.29) is 24.4 Å². The molecule has 4 aliphatic rings. The average molecular weight is 483 g/mol. The number of nitrogens with zero attached hydrogens (tertiary/aromatic N) is 2. The molecule has 4 rings (SSSR count). The smallest absolute Gasteiger partial charge is 0.410 e. The number of rotatable bonds is 0. The van der Waals surface area contributed by atoms with Gasteiger partial charge >= 0.3 is 12.2 Å². The first-order chi connectivity index (χ1) is 15.7.